The molecule has 1 aromatic rings. The van der Waals surface area contributed by atoms with Crippen molar-refractivity contribution in [3.8, 4) is 0 Å². The van der Waals surface area contributed by atoms with Crippen LogP contribution in [-0.4, -0.2) is 5.78 Å². The number of rotatable bonds is 0. The second kappa shape index (κ2) is 3.20. The van der Waals surface area contributed by atoms with E-state index in [1.807, 2.05) is 36.4 Å². The van der Waals surface area contributed by atoms with Crippen molar-refractivity contribution in [2.45, 2.75) is 6.42 Å². The van der Waals surface area contributed by atoms with Crippen molar-refractivity contribution in [3.05, 3.63) is 59.7 Å². The lowest BCUT2D eigenvalue weighted by molar-refractivity contribution is 0.0908. The number of carbonyl (C=O) groups is 1. The highest BCUT2D eigenvalue weighted by Crippen LogP contribution is 2.33. The van der Waals surface area contributed by atoms with Gasteiger partial charge in [-0.2, -0.15) is 0 Å². The van der Waals surface area contributed by atoms with Gasteiger partial charge in [0.2, 0.25) is 0 Å². The summed E-state index contributed by atoms with van der Waals surface area (Å²) in [6, 6.07) is 7.96. The molecule has 1 aromatic carbocycles. The highest BCUT2D eigenvalue weighted by atomic mass is 16.1. The maximum Gasteiger partial charge on any atom is 0.170 e. The van der Waals surface area contributed by atoms with Crippen molar-refractivity contribution in [1.29, 1.82) is 0 Å². The third-order valence-electron chi connectivity index (χ3n) is 3.29. The van der Waals surface area contributed by atoms with E-state index >= 15 is 0 Å². The number of ketones is 1. The lowest BCUT2D eigenvalue weighted by Gasteiger charge is -2.29. The molecule has 0 radical (unpaired) electrons. The van der Waals surface area contributed by atoms with Gasteiger partial charge in [0.15, 0.2) is 5.78 Å². The molecule has 0 bridgehead atoms. The highest BCUT2D eigenvalue weighted by molar-refractivity contribution is 6.01. The number of hydrogen-bond acceptors (Lipinski definition) is 1. The Bertz CT molecular complexity index is 468. The van der Waals surface area contributed by atoms with Crippen LogP contribution >= 0.6 is 0 Å². The smallest absolute Gasteiger partial charge is 0.170 e. The molecule has 15 heavy (non-hydrogen) atoms. The number of carbonyl (C=O) groups excluding carboxylic acids is 1. The number of fused-ring (bicyclic) bond motifs is 2. The standard InChI is InChI=1S/C14H12O/c15-14-12-7-3-1-5-10(12)9-11-6-2-4-8-13(11)14/h1-8,10,12H,9H2/t10-,12-/m1/s1. The van der Waals surface area contributed by atoms with Crippen LogP contribution < -0.4 is 0 Å². The largest absolute Gasteiger partial charge is 0.293 e. The van der Waals surface area contributed by atoms with E-state index in [0.29, 0.717) is 5.92 Å². The first-order valence-corrected chi connectivity index (χ1v) is 5.33. The fourth-order valence-electron chi connectivity index (χ4n) is 2.50. The Labute approximate surface area is 89.1 Å². The van der Waals surface area contributed by atoms with Gasteiger partial charge in [0.25, 0.3) is 0 Å². The van der Waals surface area contributed by atoms with Crippen LogP contribution in [0.5, 0.6) is 0 Å². The Balaban J connectivity index is 2.11. The zero-order valence-electron chi connectivity index (χ0n) is 8.39. The molecule has 2 aliphatic rings. The van der Waals surface area contributed by atoms with E-state index in [1.54, 1.807) is 0 Å². The number of benzene rings is 1. The molecular weight excluding hydrogens is 184 g/mol. The van der Waals surface area contributed by atoms with Gasteiger partial charge in [-0.25, -0.2) is 0 Å². The van der Waals surface area contributed by atoms with Crippen LogP contribution in [0, 0.1) is 11.8 Å². The Morgan fingerprint density at radius 2 is 1.87 bits per heavy atom. The summed E-state index contributed by atoms with van der Waals surface area (Å²) >= 11 is 0. The van der Waals surface area contributed by atoms with Crippen molar-refractivity contribution in [2.75, 3.05) is 0 Å². The topological polar surface area (TPSA) is 17.1 Å². The minimum absolute atomic E-state index is 0.0740. The summed E-state index contributed by atoms with van der Waals surface area (Å²) in [6.07, 6.45) is 9.20. The van der Waals surface area contributed by atoms with Crippen LogP contribution in [0.4, 0.5) is 0 Å². The van der Waals surface area contributed by atoms with Crippen LogP contribution in [0.3, 0.4) is 0 Å². The van der Waals surface area contributed by atoms with E-state index in [9.17, 15) is 4.79 Å². The van der Waals surface area contributed by atoms with Crippen molar-refractivity contribution < 1.29 is 4.79 Å². The summed E-state index contributed by atoms with van der Waals surface area (Å²) in [5, 5.41) is 0. The van der Waals surface area contributed by atoms with E-state index < -0.39 is 0 Å². The first-order valence-electron chi connectivity index (χ1n) is 5.33. The molecule has 2 aliphatic carbocycles. The quantitative estimate of drug-likeness (QED) is 0.623. The van der Waals surface area contributed by atoms with Crippen molar-refractivity contribution in [2.24, 2.45) is 11.8 Å². The summed E-state index contributed by atoms with van der Waals surface area (Å²) in [7, 11) is 0. The summed E-state index contributed by atoms with van der Waals surface area (Å²) in [4.78, 5) is 12.2. The Morgan fingerprint density at radius 3 is 2.80 bits per heavy atom. The number of Topliss-reactive ketones (excluding diaryl/α,β-unsaturated/α-hetero) is 1. The molecule has 0 N–H and O–H groups in total. The number of hydrogen-bond donors (Lipinski definition) is 0. The van der Waals surface area contributed by atoms with Crippen LogP contribution in [0.25, 0.3) is 0 Å². The SMILES string of the molecule is O=C1c2ccccc2C[C@H]2C=CC=C[C@@H]12. The van der Waals surface area contributed by atoms with Gasteiger partial charge in [-0.15, -0.1) is 0 Å². The summed E-state index contributed by atoms with van der Waals surface area (Å²) in [6.45, 7) is 0. The first kappa shape index (κ1) is 8.66. The van der Waals surface area contributed by atoms with Crippen LogP contribution in [0.2, 0.25) is 0 Å². The van der Waals surface area contributed by atoms with Crippen molar-refractivity contribution >= 4 is 5.78 Å². The van der Waals surface area contributed by atoms with E-state index in [1.165, 1.54) is 5.56 Å². The third kappa shape index (κ3) is 1.27. The predicted molar refractivity (Wildman–Crippen MR) is 59.7 cm³/mol. The molecule has 0 fully saturated rings. The minimum atomic E-state index is 0.0740. The van der Waals surface area contributed by atoms with E-state index in [0.717, 1.165) is 12.0 Å². The zero-order valence-corrected chi connectivity index (χ0v) is 8.39. The molecule has 0 aromatic heterocycles. The fraction of sp³-hybridized carbons (Fsp3) is 0.214. The van der Waals surface area contributed by atoms with Crippen LogP contribution in [-0.2, 0) is 6.42 Å². The van der Waals surface area contributed by atoms with Crippen LogP contribution in [0.15, 0.2) is 48.6 Å². The maximum absolute atomic E-state index is 12.2. The normalized spacial score (nSPS) is 27.3. The number of allylic oxidation sites excluding steroid dienone is 4. The summed E-state index contributed by atoms with van der Waals surface area (Å²) in [5.41, 5.74) is 2.11. The predicted octanol–water partition coefficient (Wildman–Crippen LogP) is 2.78. The molecule has 2 atom stereocenters. The summed E-state index contributed by atoms with van der Waals surface area (Å²) < 4.78 is 0. The van der Waals surface area contributed by atoms with Gasteiger partial charge in [-0.1, -0.05) is 48.6 Å². The van der Waals surface area contributed by atoms with Gasteiger partial charge in [0.05, 0.1) is 0 Å². The lowest BCUT2D eigenvalue weighted by atomic mass is 9.73. The second-order valence-corrected chi connectivity index (χ2v) is 4.18. The highest BCUT2D eigenvalue weighted by Gasteiger charge is 2.32. The van der Waals surface area contributed by atoms with Crippen LogP contribution in [0.1, 0.15) is 15.9 Å². The van der Waals surface area contributed by atoms with E-state index in [4.69, 9.17) is 0 Å². The molecule has 0 unspecified atom stereocenters. The molecule has 0 saturated carbocycles. The summed E-state index contributed by atoms with van der Waals surface area (Å²) in [5.74, 6) is 0.727. The molecule has 74 valence electrons. The molecule has 1 nitrogen and oxygen atoms in total. The second-order valence-electron chi connectivity index (χ2n) is 4.18. The average Bonchev–Trinajstić information content (AvgIpc) is 2.30. The molecule has 0 amide bonds. The molecular formula is C14H12O. The molecule has 1 heteroatoms. The zero-order chi connectivity index (χ0) is 10.3. The first-order chi connectivity index (χ1) is 7.36. The molecule has 0 saturated heterocycles. The Hall–Kier alpha value is -1.63. The molecule has 0 heterocycles. The van der Waals surface area contributed by atoms with Gasteiger partial charge in [0.1, 0.15) is 0 Å². The van der Waals surface area contributed by atoms with Gasteiger partial charge in [0, 0.05) is 11.5 Å². The molecule has 0 spiro atoms. The van der Waals surface area contributed by atoms with Crippen molar-refractivity contribution in [1.82, 2.24) is 0 Å². The minimum Gasteiger partial charge on any atom is -0.293 e. The van der Waals surface area contributed by atoms with Gasteiger partial charge >= 0.3 is 0 Å². The fourth-order valence-corrected chi connectivity index (χ4v) is 2.50. The van der Waals surface area contributed by atoms with Gasteiger partial charge < -0.3 is 0 Å². The Morgan fingerprint density at radius 1 is 1.07 bits per heavy atom. The molecule has 0 aliphatic heterocycles. The van der Waals surface area contributed by atoms with Crippen molar-refractivity contribution in [3.63, 3.8) is 0 Å². The third-order valence-corrected chi connectivity index (χ3v) is 3.29. The van der Waals surface area contributed by atoms with Gasteiger partial charge in [-0.05, 0) is 17.9 Å². The lowest BCUT2D eigenvalue weighted by Crippen LogP contribution is -2.29. The monoisotopic (exact) mass is 196 g/mol. The van der Waals surface area contributed by atoms with E-state index in [-0.39, 0.29) is 11.7 Å². The van der Waals surface area contributed by atoms with E-state index in [2.05, 4.69) is 12.1 Å². The average molecular weight is 196 g/mol. The maximum atomic E-state index is 12.2. The Kier molecular flexibility index (Phi) is 1.84. The van der Waals surface area contributed by atoms with Gasteiger partial charge in [-0.3, -0.25) is 4.79 Å². The molecule has 3 rings (SSSR count).